The SMILES string of the molecule is Cc1c(OCCCCCO)ccnc1CSc1nc2ccccc2[nH]1. The maximum atomic E-state index is 8.80. The van der Waals surface area contributed by atoms with Crippen molar-refractivity contribution in [2.24, 2.45) is 0 Å². The minimum absolute atomic E-state index is 0.247. The molecular weight excluding hydrogens is 334 g/mol. The normalized spacial score (nSPS) is 11.1. The Labute approximate surface area is 151 Å². The Hall–Kier alpha value is -2.05. The van der Waals surface area contributed by atoms with Crippen molar-refractivity contribution in [2.45, 2.75) is 37.1 Å². The van der Waals surface area contributed by atoms with E-state index in [0.29, 0.717) is 6.61 Å². The van der Waals surface area contributed by atoms with Crippen molar-refractivity contribution in [2.75, 3.05) is 13.2 Å². The summed E-state index contributed by atoms with van der Waals surface area (Å²) in [6.45, 7) is 2.96. The molecule has 0 spiro atoms. The molecule has 0 radical (unpaired) electrons. The van der Waals surface area contributed by atoms with E-state index in [1.54, 1.807) is 18.0 Å². The summed E-state index contributed by atoms with van der Waals surface area (Å²) in [6.07, 6.45) is 4.56. The number of aromatic nitrogens is 3. The summed E-state index contributed by atoms with van der Waals surface area (Å²) >= 11 is 1.64. The monoisotopic (exact) mass is 357 g/mol. The lowest BCUT2D eigenvalue weighted by Crippen LogP contribution is -2.02. The minimum atomic E-state index is 0.247. The summed E-state index contributed by atoms with van der Waals surface area (Å²) in [4.78, 5) is 12.4. The molecule has 0 aliphatic heterocycles. The first kappa shape index (κ1) is 17.8. The van der Waals surface area contributed by atoms with Gasteiger partial charge in [-0.1, -0.05) is 23.9 Å². The number of H-pyrrole nitrogens is 1. The van der Waals surface area contributed by atoms with E-state index in [9.17, 15) is 0 Å². The predicted octanol–water partition coefficient (Wildman–Crippen LogP) is 4.10. The van der Waals surface area contributed by atoms with E-state index >= 15 is 0 Å². The lowest BCUT2D eigenvalue weighted by molar-refractivity contribution is 0.265. The maximum absolute atomic E-state index is 8.80. The van der Waals surface area contributed by atoms with Crippen LogP contribution in [0.25, 0.3) is 11.0 Å². The van der Waals surface area contributed by atoms with Crippen molar-refractivity contribution in [3.63, 3.8) is 0 Å². The van der Waals surface area contributed by atoms with Crippen molar-refractivity contribution < 1.29 is 9.84 Å². The summed E-state index contributed by atoms with van der Waals surface area (Å²) in [5.41, 5.74) is 4.12. The molecule has 132 valence electrons. The highest BCUT2D eigenvalue weighted by atomic mass is 32.2. The first-order chi connectivity index (χ1) is 12.3. The smallest absolute Gasteiger partial charge is 0.166 e. The van der Waals surface area contributed by atoms with Crippen LogP contribution in [0.4, 0.5) is 0 Å². The Bertz CT molecular complexity index is 786. The fourth-order valence-corrected chi connectivity index (χ4v) is 3.48. The van der Waals surface area contributed by atoms with E-state index in [1.165, 1.54) is 0 Å². The second kappa shape index (κ2) is 8.87. The molecule has 0 fully saturated rings. The number of aliphatic hydroxyl groups is 1. The summed E-state index contributed by atoms with van der Waals surface area (Å²) in [6, 6.07) is 9.94. The van der Waals surface area contributed by atoms with E-state index in [1.807, 2.05) is 37.3 Å². The summed E-state index contributed by atoms with van der Waals surface area (Å²) in [7, 11) is 0. The van der Waals surface area contributed by atoms with Crippen LogP contribution in [0.3, 0.4) is 0 Å². The first-order valence-electron chi connectivity index (χ1n) is 8.53. The number of hydrogen-bond acceptors (Lipinski definition) is 5. The lowest BCUT2D eigenvalue weighted by Gasteiger charge is -2.11. The number of nitrogens with one attached hydrogen (secondary N) is 1. The maximum Gasteiger partial charge on any atom is 0.166 e. The van der Waals surface area contributed by atoms with Crippen molar-refractivity contribution in [3.8, 4) is 5.75 Å². The van der Waals surface area contributed by atoms with Crippen LogP contribution in [0.2, 0.25) is 0 Å². The average Bonchev–Trinajstić information content (AvgIpc) is 3.05. The van der Waals surface area contributed by atoms with Gasteiger partial charge in [-0.3, -0.25) is 4.98 Å². The van der Waals surface area contributed by atoms with Gasteiger partial charge in [-0.15, -0.1) is 0 Å². The Kier molecular flexibility index (Phi) is 6.30. The highest BCUT2D eigenvalue weighted by molar-refractivity contribution is 7.98. The number of pyridine rings is 1. The number of aromatic amines is 1. The number of hydrogen-bond donors (Lipinski definition) is 2. The first-order valence-corrected chi connectivity index (χ1v) is 9.52. The van der Waals surface area contributed by atoms with Crippen LogP contribution in [0.1, 0.15) is 30.5 Å². The van der Waals surface area contributed by atoms with Crippen LogP contribution in [0.5, 0.6) is 5.75 Å². The zero-order valence-electron chi connectivity index (χ0n) is 14.4. The van der Waals surface area contributed by atoms with Gasteiger partial charge in [0.2, 0.25) is 0 Å². The largest absolute Gasteiger partial charge is 0.493 e. The van der Waals surface area contributed by atoms with Crippen molar-refractivity contribution in [3.05, 3.63) is 47.8 Å². The molecular formula is C19H23N3O2S. The molecule has 3 rings (SSSR count). The number of benzene rings is 1. The number of unbranched alkanes of at least 4 members (excludes halogenated alkanes) is 2. The molecule has 0 aliphatic carbocycles. The van der Waals surface area contributed by atoms with Crippen molar-refractivity contribution in [1.82, 2.24) is 15.0 Å². The zero-order valence-corrected chi connectivity index (χ0v) is 15.2. The summed E-state index contributed by atoms with van der Waals surface area (Å²) in [5, 5.41) is 9.70. The van der Waals surface area contributed by atoms with Crippen molar-refractivity contribution >= 4 is 22.8 Å². The van der Waals surface area contributed by atoms with E-state index in [0.717, 1.165) is 58.2 Å². The standard InChI is InChI=1S/C19H23N3O2S/c1-14-17(20-10-9-18(14)24-12-6-2-5-11-23)13-25-19-21-15-7-3-4-8-16(15)22-19/h3-4,7-10,23H,2,5-6,11-13H2,1H3,(H,21,22). The Morgan fingerprint density at radius 1 is 1.16 bits per heavy atom. The molecule has 0 saturated heterocycles. The van der Waals surface area contributed by atoms with Gasteiger partial charge < -0.3 is 14.8 Å². The fraction of sp³-hybridized carbons (Fsp3) is 0.368. The molecule has 0 unspecified atom stereocenters. The highest BCUT2D eigenvalue weighted by Gasteiger charge is 2.09. The second-order valence-electron chi connectivity index (χ2n) is 5.86. The van der Waals surface area contributed by atoms with Gasteiger partial charge in [0.05, 0.1) is 23.3 Å². The van der Waals surface area contributed by atoms with Gasteiger partial charge in [0.15, 0.2) is 5.16 Å². The summed E-state index contributed by atoms with van der Waals surface area (Å²) in [5.74, 6) is 1.63. The van der Waals surface area contributed by atoms with Crippen LogP contribution in [-0.2, 0) is 5.75 Å². The van der Waals surface area contributed by atoms with Crippen LogP contribution in [-0.4, -0.2) is 33.3 Å². The number of nitrogens with zero attached hydrogens (tertiary/aromatic N) is 2. The van der Waals surface area contributed by atoms with Gasteiger partial charge >= 0.3 is 0 Å². The van der Waals surface area contributed by atoms with E-state index < -0.39 is 0 Å². The number of aliphatic hydroxyl groups excluding tert-OH is 1. The molecule has 5 nitrogen and oxygen atoms in total. The molecule has 0 aliphatic rings. The third-order valence-corrected chi connectivity index (χ3v) is 4.92. The van der Waals surface area contributed by atoms with E-state index in [-0.39, 0.29) is 6.61 Å². The number of fused-ring (bicyclic) bond motifs is 1. The number of ether oxygens (including phenoxy) is 1. The molecule has 2 aromatic heterocycles. The number of imidazole rings is 1. The third kappa shape index (κ3) is 4.74. The van der Waals surface area contributed by atoms with Gasteiger partial charge in [-0.2, -0.15) is 0 Å². The molecule has 0 atom stereocenters. The molecule has 0 bridgehead atoms. The summed E-state index contributed by atoms with van der Waals surface area (Å²) < 4.78 is 5.87. The lowest BCUT2D eigenvalue weighted by atomic mass is 10.2. The minimum Gasteiger partial charge on any atom is -0.493 e. The number of thioether (sulfide) groups is 1. The molecule has 6 heteroatoms. The molecule has 2 heterocycles. The topological polar surface area (TPSA) is 71.0 Å². The Balaban J connectivity index is 1.59. The van der Waals surface area contributed by atoms with Gasteiger partial charge in [0.25, 0.3) is 0 Å². The Morgan fingerprint density at radius 2 is 2.04 bits per heavy atom. The third-order valence-electron chi connectivity index (χ3n) is 4.03. The second-order valence-corrected chi connectivity index (χ2v) is 6.83. The van der Waals surface area contributed by atoms with Crippen LogP contribution in [0, 0.1) is 6.92 Å². The highest BCUT2D eigenvalue weighted by Crippen LogP contribution is 2.27. The molecule has 1 aromatic carbocycles. The molecule has 0 amide bonds. The van der Waals surface area contributed by atoms with Crippen LogP contribution in [0.15, 0.2) is 41.7 Å². The Morgan fingerprint density at radius 3 is 2.88 bits per heavy atom. The van der Waals surface area contributed by atoms with Gasteiger partial charge in [-0.25, -0.2) is 4.98 Å². The van der Waals surface area contributed by atoms with Gasteiger partial charge in [0.1, 0.15) is 5.75 Å². The zero-order chi connectivity index (χ0) is 17.5. The van der Waals surface area contributed by atoms with Crippen LogP contribution >= 0.6 is 11.8 Å². The predicted molar refractivity (Wildman–Crippen MR) is 101 cm³/mol. The van der Waals surface area contributed by atoms with E-state index in [4.69, 9.17) is 9.84 Å². The van der Waals surface area contributed by atoms with E-state index in [2.05, 4.69) is 15.0 Å². The number of rotatable bonds is 9. The van der Waals surface area contributed by atoms with Gasteiger partial charge in [0, 0.05) is 24.1 Å². The molecule has 0 saturated carbocycles. The fourth-order valence-electron chi connectivity index (χ4n) is 2.57. The molecule has 25 heavy (non-hydrogen) atoms. The number of para-hydroxylation sites is 2. The average molecular weight is 357 g/mol. The molecule has 2 N–H and O–H groups in total. The van der Waals surface area contributed by atoms with Crippen molar-refractivity contribution in [1.29, 1.82) is 0 Å². The van der Waals surface area contributed by atoms with Gasteiger partial charge in [-0.05, 0) is 44.4 Å². The quantitative estimate of drug-likeness (QED) is 0.446. The molecule has 3 aromatic rings. The van der Waals surface area contributed by atoms with Crippen LogP contribution < -0.4 is 4.74 Å².